The predicted molar refractivity (Wildman–Crippen MR) is 113 cm³/mol. The summed E-state index contributed by atoms with van der Waals surface area (Å²) < 4.78 is 31.0. The van der Waals surface area contributed by atoms with Crippen LogP contribution in [0.4, 0.5) is 5.69 Å². The Bertz CT molecular complexity index is 954. The van der Waals surface area contributed by atoms with Crippen molar-refractivity contribution in [2.24, 2.45) is 0 Å². The number of amides is 1. The second kappa shape index (κ2) is 9.69. The maximum Gasteiger partial charge on any atom is 0.243 e. The number of nitrogens with zero attached hydrogens (tertiary/aromatic N) is 1. The van der Waals surface area contributed by atoms with Gasteiger partial charge in [0.15, 0.2) is 0 Å². The molecule has 0 saturated carbocycles. The zero-order valence-corrected chi connectivity index (χ0v) is 18.2. The molecular formula is C18H19Cl3N2O4S. The van der Waals surface area contributed by atoms with E-state index in [2.05, 4.69) is 5.32 Å². The van der Waals surface area contributed by atoms with Crippen LogP contribution in [0.5, 0.6) is 5.75 Å². The van der Waals surface area contributed by atoms with Crippen molar-refractivity contribution < 1.29 is 17.9 Å². The van der Waals surface area contributed by atoms with E-state index < -0.39 is 22.0 Å². The van der Waals surface area contributed by atoms with Gasteiger partial charge >= 0.3 is 0 Å². The molecule has 0 saturated heterocycles. The Labute approximate surface area is 179 Å². The van der Waals surface area contributed by atoms with E-state index in [1.54, 1.807) is 24.3 Å². The van der Waals surface area contributed by atoms with Gasteiger partial charge in [0.05, 0.1) is 28.5 Å². The van der Waals surface area contributed by atoms with E-state index >= 15 is 0 Å². The molecule has 0 aliphatic rings. The largest absolute Gasteiger partial charge is 0.490 e. The summed E-state index contributed by atoms with van der Waals surface area (Å²) in [5.41, 5.74) is 0.131. The van der Waals surface area contributed by atoms with Crippen LogP contribution in [-0.2, 0) is 14.8 Å². The molecule has 0 radical (unpaired) electrons. The summed E-state index contributed by atoms with van der Waals surface area (Å²) in [5.74, 6) is -0.0147. The van der Waals surface area contributed by atoms with Gasteiger partial charge in [-0.05, 0) is 37.3 Å². The third kappa shape index (κ3) is 5.91. The maximum atomic E-state index is 12.5. The molecular weight excluding hydrogens is 447 g/mol. The monoisotopic (exact) mass is 464 g/mol. The molecule has 0 aromatic heterocycles. The standard InChI is InChI=1S/C18H19Cl3N2O4S/c1-12(18(24)22-9-10-27-17-6-4-3-5-15(17)21)23(28(2,25)26)16-11-13(19)7-8-14(16)20/h3-8,11-12H,9-10H2,1-2H3,(H,22,24)/t12-/m0/s1. The highest BCUT2D eigenvalue weighted by molar-refractivity contribution is 7.92. The number of hydrogen-bond acceptors (Lipinski definition) is 4. The highest BCUT2D eigenvalue weighted by Crippen LogP contribution is 2.32. The molecule has 1 N–H and O–H groups in total. The minimum Gasteiger partial charge on any atom is -0.490 e. The molecule has 2 rings (SSSR count). The average molecular weight is 466 g/mol. The molecule has 2 aromatic rings. The number of para-hydroxylation sites is 1. The lowest BCUT2D eigenvalue weighted by atomic mass is 10.2. The number of sulfonamides is 1. The molecule has 28 heavy (non-hydrogen) atoms. The molecule has 152 valence electrons. The second-order valence-corrected chi connectivity index (χ2v) is 9.01. The van der Waals surface area contributed by atoms with Crippen molar-refractivity contribution in [3.8, 4) is 5.75 Å². The molecule has 0 aliphatic carbocycles. The van der Waals surface area contributed by atoms with Crippen LogP contribution >= 0.6 is 34.8 Å². The fourth-order valence-electron chi connectivity index (χ4n) is 2.48. The lowest BCUT2D eigenvalue weighted by Gasteiger charge is -2.29. The maximum absolute atomic E-state index is 12.5. The van der Waals surface area contributed by atoms with E-state index in [1.165, 1.54) is 25.1 Å². The number of benzene rings is 2. The number of anilines is 1. The smallest absolute Gasteiger partial charge is 0.243 e. The third-order valence-electron chi connectivity index (χ3n) is 3.73. The SMILES string of the molecule is C[C@@H](C(=O)NCCOc1ccccc1Cl)N(c1cc(Cl)ccc1Cl)S(C)(=O)=O. The lowest BCUT2D eigenvalue weighted by molar-refractivity contribution is -0.121. The Morgan fingerprint density at radius 3 is 2.46 bits per heavy atom. The normalized spacial score (nSPS) is 12.3. The number of halogens is 3. The lowest BCUT2D eigenvalue weighted by Crippen LogP contribution is -2.48. The topological polar surface area (TPSA) is 75.7 Å². The van der Waals surface area contributed by atoms with Crippen molar-refractivity contribution >= 4 is 56.4 Å². The first-order chi connectivity index (χ1) is 13.1. The molecule has 0 heterocycles. The number of carbonyl (C=O) groups is 1. The van der Waals surface area contributed by atoms with Gasteiger partial charge < -0.3 is 10.1 Å². The molecule has 0 bridgehead atoms. The van der Waals surface area contributed by atoms with Gasteiger partial charge in [-0.1, -0.05) is 46.9 Å². The summed E-state index contributed by atoms with van der Waals surface area (Å²) in [6.45, 7) is 1.79. The van der Waals surface area contributed by atoms with Crippen LogP contribution in [0.25, 0.3) is 0 Å². The molecule has 0 unspecified atom stereocenters. The number of nitrogens with one attached hydrogen (secondary N) is 1. The van der Waals surface area contributed by atoms with E-state index in [0.717, 1.165) is 10.6 Å². The van der Waals surface area contributed by atoms with E-state index in [0.29, 0.717) is 15.8 Å². The molecule has 1 atom stereocenters. The van der Waals surface area contributed by atoms with Crippen molar-refractivity contribution in [3.05, 3.63) is 57.5 Å². The second-order valence-electron chi connectivity index (χ2n) is 5.90. The first-order valence-corrected chi connectivity index (χ1v) is 11.2. The van der Waals surface area contributed by atoms with Crippen LogP contribution < -0.4 is 14.4 Å². The van der Waals surface area contributed by atoms with Gasteiger partial charge in [-0.15, -0.1) is 0 Å². The Kier molecular flexibility index (Phi) is 7.83. The van der Waals surface area contributed by atoms with E-state index in [1.807, 2.05) is 0 Å². The van der Waals surface area contributed by atoms with Gasteiger partial charge in [0.1, 0.15) is 18.4 Å². The molecule has 6 nitrogen and oxygen atoms in total. The highest BCUT2D eigenvalue weighted by atomic mass is 35.5. The minimum atomic E-state index is -3.80. The molecule has 1 amide bonds. The average Bonchev–Trinajstić information content (AvgIpc) is 2.61. The zero-order chi connectivity index (χ0) is 20.9. The van der Waals surface area contributed by atoms with Crippen LogP contribution in [0.2, 0.25) is 15.1 Å². The fourth-order valence-corrected chi connectivity index (χ4v) is 4.27. The van der Waals surface area contributed by atoms with Crippen LogP contribution in [-0.4, -0.2) is 39.8 Å². The summed E-state index contributed by atoms with van der Waals surface area (Å²) in [5, 5.41) is 3.56. The van der Waals surface area contributed by atoms with Crippen molar-refractivity contribution in [2.75, 3.05) is 23.7 Å². The van der Waals surface area contributed by atoms with Gasteiger partial charge in [0.25, 0.3) is 0 Å². The summed E-state index contributed by atoms with van der Waals surface area (Å²) in [4.78, 5) is 12.5. The highest BCUT2D eigenvalue weighted by Gasteiger charge is 2.30. The third-order valence-corrected chi connectivity index (χ3v) is 5.82. The van der Waals surface area contributed by atoms with E-state index in [-0.39, 0.29) is 23.9 Å². The van der Waals surface area contributed by atoms with Gasteiger partial charge in [-0.25, -0.2) is 8.42 Å². The number of carbonyl (C=O) groups excluding carboxylic acids is 1. The predicted octanol–water partition coefficient (Wildman–Crippen LogP) is 4.00. The summed E-state index contributed by atoms with van der Waals surface area (Å²) in [6, 6.07) is 10.3. The van der Waals surface area contributed by atoms with Gasteiger partial charge in [-0.3, -0.25) is 9.10 Å². The van der Waals surface area contributed by atoms with Gasteiger partial charge in [-0.2, -0.15) is 0 Å². The first kappa shape index (κ1) is 22.6. The summed E-state index contributed by atoms with van der Waals surface area (Å²) in [6.07, 6.45) is 0.995. The molecule has 0 spiro atoms. The van der Waals surface area contributed by atoms with Crippen molar-refractivity contribution in [3.63, 3.8) is 0 Å². The molecule has 0 fully saturated rings. The van der Waals surface area contributed by atoms with Crippen LogP contribution in [0.15, 0.2) is 42.5 Å². The van der Waals surface area contributed by atoms with Crippen LogP contribution in [0.3, 0.4) is 0 Å². The Morgan fingerprint density at radius 1 is 1.14 bits per heavy atom. The summed E-state index contributed by atoms with van der Waals surface area (Å²) in [7, 11) is -3.80. The Hall–Kier alpha value is -1.67. The van der Waals surface area contributed by atoms with Gasteiger partial charge in [0.2, 0.25) is 15.9 Å². The fraction of sp³-hybridized carbons (Fsp3) is 0.278. The number of rotatable bonds is 8. The van der Waals surface area contributed by atoms with Gasteiger partial charge in [0, 0.05) is 5.02 Å². The van der Waals surface area contributed by atoms with Crippen LogP contribution in [0.1, 0.15) is 6.92 Å². The zero-order valence-electron chi connectivity index (χ0n) is 15.2. The quantitative estimate of drug-likeness (QED) is 0.598. The minimum absolute atomic E-state index is 0.131. The molecule has 2 aromatic carbocycles. The molecule has 10 heteroatoms. The first-order valence-electron chi connectivity index (χ1n) is 8.20. The van der Waals surface area contributed by atoms with Crippen molar-refractivity contribution in [1.29, 1.82) is 0 Å². The number of ether oxygens (including phenoxy) is 1. The summed E-state index contributed by atoms with van der Waals surface area (Å²) >= 11 is 18.1. The Balaban J connectivity index is 2.06. The van der Waals surface area contributed by atoms with E-state index in [4.69, 9.17) is 39.5 Å². The van der Waals surface area contributed by atoms with Crippen molar-refractivity contribution in [1.82, 2.24) is 5.32 Å². The van der Waals surface area contributed by atoms with Crippen molar-refractivity contribution in [2.45, 2.75) is 13.0 Å². The van der Waals surface area contributed by atoms with Crippen LogP contribution in [0, 0.1) is 0 Å². The van der Waals surface area contributed by atoms with E-state index in [9.17, 15) is 13.2 Å². The Morgan fingerprint density at radius 2 is 1.82 bits per heavy atom. The number of hydrogen-bond donors (Lipinski definition) is 1. The molecule has 0 aliphatic heterocycles.